The molecule has 6 rings (SSSR count). The van der Waals surface area contributed by atoms with Crippen molar-refractivity contribution in [2.75, 3.05) is 19.1 Å². The van der Waals surface area contributed by atoms with E-state index in [1.165, 1.54) is 13.2 Å². The first-order valence-corrected chi connectivity index (χ1v) is 14.8. The van der Waals surface area contributed by atoms with Crippen LogP contribution in [0.1, 0.15) is 58.9 Å². The molecule has 0 saturated carbocycles. The molecule has 8 nitrogen and oxygen atoms in total. The highest BCUT2D eigenvalue weighted by Gasteiger charge is 2.53. The SMILES string of the molecule is COC(=O)/C=C/c1cccc(N(Cc2ccc3c(c2OC)OC(C)(C)[C@H]2OC(c4ccccc4)O[C@@H]32)C(=O)c2ccccc2)c1. The molecule has 1 fully saturated rings. The molecule has 4 aromatic carbocycles. The van der Waals surface area contributed by atoms with Crippen molar-refractivity contribution in [1.82, 2.24) is 0 Å². The molecule has 3 atom stereocenters. The Morgan fingerprint density at radius 1 is 0.889 bits per heavy atom. The zero-order chi connectivity index (χ0) is 31.6. The van der Waals surface area contributed by atoms with Crippen LogP contribution in [-0.4, -0.2) is 37.8 Å². The largest absolute Gasteiger partial charge is 0.492 e. The summed E-state index contributed by atoms with van der Waals surface area (Å²) in [6.45, 7) is 4.15. The standard InChI is InChI=1S/C37H35NO7/c1-37(2)34-33(43-36(44-34)26-15-9-6-10-16-26)29-20-19-27(31(42-4)32(29)45-37)23-38(35(40)25-13-7-5-8-14-25)28-17-11-12-24(22-28)18-21-30(39)41-3/h5-22,33-34,36H,23H2,1-4H3/b21-18+/t33-,34-,36?/m0/s1. The van der Waals surface area contributed by atoms with Gasteiger partial charge >= 0.3 is 5.97 Å². The van der Waals surface area contributed by atoms with E-state index in [1.807, 2.05) is 98.8 Å². The number of esters is 1. The number of benzene rings is 4. The van der Waals surface area contributed by atoms with Crippen molar-refractivity contribution in [3.63, 3.8) is 0 Å². The summed E-state index contributed by atoms with van der Waals surface area (Å²) >= 11 is 0. The molecule has 2 aliphatic heterocycles. The van der Waals surface area contributed by atoms with Gasteiger partial charge in [-0.25, -0.2) is 4.79 Å². The first-order valence-electron chi connectivity index (χ1n) is 14.8. The molecule has 2 heterocycles. The van der Waals surface area contributed by atoms with Crippen LogP contribution in [0.25, 0.3) is 6.08 Å². The maximum atomic E-state index is 14.0. The number of fused-ring (bicyclic) bond motifs is 3. The topological polar surface area (TPSA) is 83.5 Å². The Morgan fingerprint density at radius 3 is 2.33 bits per heavy atom. The Balaban J connectivity index is 1.38. The molecule has 8 heteroatoms. The van der Waals surface area contributed by atoms with Crippen molar-refractivity contribution in [3.8, 4) is 11.5 Å². The fourth-order valence-electron chi connectivity index (χ4n) is 5.81. The fraction of sp³-hybridized carbons (Fsp3) is 0.243. The molecule has 0 aromatic heterocycles. The van der Waals surface area contributed by atoms with E-state index in [0.29, 0.717) is 22.7 Å². The van der Waals surface area contributed by atoms with Gasteiger partial charge in [0.1, 0.15) is 17.8 Å². The third kappa shape index (κ3) is 6.07. The molecular weight excluding hydrogens is 570 g/mol. The van der Waals surface area contributed by atoms with Crippen molar-refractivity contribution in [2.24, 2.45) is 0 Å². The molecule has 1 unspecified atom stereocenters. The molecule has 1 saturated heterocycles. The highest BCUT2D eigenvalue weighted by atomic mass is 16.7. The van der Waals surface area contributed by atoms with Crippen molar-refractivity contribution in [2.45, 2.75) is 44.5 Å². The molecule has 1 amide bonds. The van der Waals surface area contributed by atoms with E-state index in [4.69, 9.17) is 23.7 Å². The van der Waals surface area contributed by atoms with E-state index in [2.05, 4.69) is 0 Å². The number of carbonyl (C=O) groups excluding carboxylic acids is 2. The van der Waals surface area contributed by atoms with Gasteiger partial charge in [-0.15, -0.1) is 0 Å². The van der Waals surface area contributed by atoms with Crippen LogP contribution in [0.2, 0.25) is 0 Å². The fourth-order valence-corrected chi connectivity index (χ4v) is 5.81. The minimum absolute atomic E-state index is 0.191. The molecular formula is C37H35NO7. The van der Waals surface area contributed by atoms with E-state index in [-0.39, 0.29) is 24.7 Å². The minimum atomic E-state index is -0.729. The minimum Gasteiger partial charge on any atom is -0.492 e. The maximum Gasteiger partial charge on any atom is 0.330 e. The van der Waals surface area contributed by atoms with Gasteiger partial charge in [0.05, 0.1) is 20.8 Å². The number of carbonyl (C=O) groups is 2. The lowest BCUT2D eigenvalue weighted by molar-refractivity contribution is -0.134. The zero-order valence-corrected chi connectivity index (χ0v) is 25.6. The van der Waals surface area contributed by atoms with Crippen LogP contribution in [0.3, 0.4) is 0 Å². The highest BCUT2D eigenvalue weighted by molar-refractivity contribution is 6.06. The van der Waals surface area contributed by atoms with E-state index in [9.17, 15) is 9.59 Å². The van der Waals surface area contributed by atoms with Crippen LogP contribution >= 0.6 is 0 Å². The van der Waals surface area contributed by atoms with Gasteiger partial charge in [-0.1, -0.05) is 72.8 Å². The van der Waals surface area contributed by atoms with Crippen molar-refractivity contribution < 1.29 is 33.3 Å². The molecule has 230 valence electrons. The second-order valence-corrected chi connectivity index (χ2v) is 11.4. The summed E-state index contributed by atoms with van der Waals surface area (Å²) < 4.78 is 30.2. The first kappa shape index (κ1) is 30.1. The number of ether oxygens (including phenoxy) is 5. The van der Waals surface area contributed by atoms with Gasteiger partial charge in [-0.3, -0.25) is 4.79 Å². The number of anilines is 1. The average molecular weight is 606 g/mol. The molecule has 0 N–H and O–H groups in total. The van der Waals surface area contributed by atoms with Crippen molar-refractivity contribution in [3.05, 3.63) is 131 Å². The predicted octanol–water partition coefficient (Wildman–Crippen LogP) is 7.05. The van der Waals surface area contributed by atoms with Gasteiger partial charge < -0.3 is 28.6 Å². The van der Waals surface area contributed by atoms with E-state index in [0.717, 1.165) is 22.3 Å². The van der Waals surface area contributed by atoms with Crippen LogP contribution in [0.15, 0.2) is 103 Å². The molecule has 0 bridgehead atoms. The Morgan fingerprint density at radius 2 is 1.62 bits per heavy atom. The van der Waals surface area contributed by atoms with Crippen LogP contribution < -0.4 is 14.4 Å². The molecule has 45 heavy (non-hydrogen) atoms. The number of amides is 1. The Hall–Kier alpha value is -4.92. The number of hydrogen-bond donors (Lipinski definition) is 0. The monoisotopic (exact) mass is 605 g/mol. The Labute approximate surface area is 262 Å². The lowest BCUT2D eigenvalue weighted by Crippen LogP contribution is -2.48. The second-order valence-electron chi connectivity index (χ2n) is 11.4. The van der Waals surface area contributed by atoms with E-state index < -0.39 is 17.9 Å². The molecule has 4 aromatic rings. The highest BCUT2D eigenvalue weighted by Crippen LogP contribution is 2.54. The van der Waals surface area contributed by atoms with Gasteiger partial charge in [0.15, 0.2) is 17.8 Å². The summed E-state index contributed by atoms with van der Waals surface area (Å²) in [6, 6.07) is 30.3. The van der Waals surface area contributed by atoms with Crippen LogP contribution in [0.5, 0.6) is 11.5 Å². The predicted molar refractivity (Wildman–Crippen MR) is 170 cm³/mol. The zero-order valence-electron chi connectivity index (χ0n) is 25.6. The van der Waals surface area contributed by atoms with Gasteiger partial charge in [-0.05, 0) is 49.8 Å². The van der Waals surface area contributed by atoms with E-state index >= 15 is 0 Å². The Bertz CT molecular complexity index is 1720. The third-order valence-electron chi connectivity index (χ3n) is 8.06. The quantitative estimate of drug-likeness (QED) is 0.157. The maximum absolute atomic E-state index is 14.0. The summed E-state index contributed by atoms with van der Waals surface area (Å²) in [5, 5.41) is 0. The molecule has 0 radical (unpaired) electrons. The van der Waals surface area contributed by atoms with Gasteiger partial charge in [0, 0.05) is 34.0 Å². The van der Waals surface area contributed by atoms with E-state index in [1.54, 1.807) is 30.2 Å². The average Bonchev–Trinajstić information content (AvgIpc) is 3.54. The van der Waals surface area contributed by atoms with Crippen LogP contribution in [-0.2, 0) is 25.5 Å². The van der Waals surface area contributed by atoms with Crippen LogP contribution in [0, 0.1) is 0 Å². The molecule has 0 spiro atoms. The smallest absolute Gasteiger partial charge is 0.330 e. The normalized spacial score (nSPS) is 19.7. The summed E-state index contributed by atoms with van der Waals surface area (Å²) in [7, 11) is 2.93. The molecule has 2 aliphatic rings. The van der Waals surface area contributed by atoms with Crippen molar-refractivity contribution in [1.29, 1.82) is 0 Å². The van der Waals surface area contributed by atoms with Gasteiger partial charge in [0.25, 0.3) is 5.91 Å². The summed E-state index contributed by atoms with van der Waals surface area (Å²) in [4.78, 5) is 27.4. The summed E-state index contributed by atoms with van der Waals surface area (Å²) in [6.07, 6.45) is 1.75. The summed E-state index contributed by atoms with van der Waals surface area (Å²) in [5.41, 5.74) is 3.71. The number of nitrogens with zero attached hydrogens (tertiary/aromatic N) is 1. The number of methoxy groups -OCH3 is 2. The molecule has 0 aliphatic carbocycles. The first-order chi connectivity index (χ1) is 21.8. The van der Waals surface area contributed by atoms with Crippen LogP contribution in [0.4, 0.5) is 5.69 Å². The third-order valence-corrected chi connectivity index (χ3v) is 8.06. The van der Waals surface area contributed by atoms with Gasteiger partial charge in [-0.2, -0.15) is 0 Å². The number of hydrogen-bond acceptors (Lipinski definition) is 7. The lowest BCUT2D eigenvalue weighted by atomic mass is 9.87. The second kappa shape index (κ2) is 12.6. The number of rotatable bonds is 8. The lowest BCUT2D eigenvalue weighted by Gasteiger charge is -2.40. The summed E-state index contributed by atoms with van der Waals surface area (Å²) in [5.74, 6) is 0.441. The van der Waals surface area contributed by atoms with Crippen molar-refractivity contribution >= 4 is 23.6 Å². The Kier molecular flexibility index (Phi) is 8.43. The van der Waals surface area contributed by atoms with Gasteiger partial charge in [0.2, 0.25) is 0 Å².